The normalized spacial score (nSPS) is 11.1. The minimum atomic E-state index is -3.92. The van der Waals surface area contributed by atoms with Gasteiger partial charge in [0.2, 0.25) is 0 Å². The Morgan fingerprint density at radius 1 is 1.14 bits per heavy atom. The maximum atomic E-state index is 12.8. The van der Waals surface area contributed by atoms with Crippen LogP contribution in [-0.2, 0) is 16.6 Å². The molecule has 29 heavy (non-hydrogen) atoms. The fourth-order valence-corrected chi connectivity index (χ4v) is 4.29. The number of nitrogens with one attached hydrogen (secondary N) is 1. The van der Waals surface area contributed by atoms with Gasteiger partial charge < -0.3 is 10.4 Å². The number of anilines is 1. The lowest BCUT2D eigenvalue weighted by Gasteiger charge is -2.20. The summed E-state index contributed by atoms with van der Waals surface area (Å²) in [6.45, 7) is 0.182. The third-order valence-corrected chi connectivity index (χ3v) is 6.66. The minimum Gasteiger partial charge on any atom is -0.478 e. The van der Waals surface area contributed by atoms with Crippen molar-refractivity contribution in [3.8, 4) is 0 Å². The zero-order valence-electron chi connectivity index (χ0n) is 15.3. The zero-order chi connectivity index (χ0) is 21.0. The SMILES string of the molecule is CN(c1cc(C(=O)O)cc(C(=O)NCc2nccs2)c1)S(=O)(=O)c1ccccc1. The van der Waals surface area contributed by atoms with Crippen molar-refractivity contribution in [2.75, 3.05) is 11.4 Å². The topological polar surface area (TPSA) is 117 Å². The second-order valence-electron chi connectivity index (χ2n) is 5.97. The van der Waals surface area contributed by atoms with E-state index in [4.69, 9.17) is 0 Å². The van der Waals surface area contributed by atoms with Gasteiger partial charge in [-0.3, -0.25) is 9.10 Å². The maximum absolute atomic E-state index is 12.8. The number of hydrogen-bond donors (Lipinski definition) is 2. The largest absolute Gasteiger partial charge is 0.478 e. The lowest BCUT2D eigenvalue weighted by molar-refractivity contribution is 0.0697. The number of aromatic carboxylic acids is 1. The van der Waals surface area contributed by atoms with Crippen LogP contribution in [0.3, 0.4) is 0 Å². The van der Waals surface area contributed by atoms with Crippen molar-refractivity contribution in [2.24, 2.45) is 0 Å². The molecule has 8 nitrogen and oxygen atoms in total. The summed E-state index contributed by atoms with van der Waals surface area (Å²) in [5.41, 5.74) is -0.100. The fourth-order valence-electron chi connectivity index (χ4n) is 2.54. The van der Waals surface area contributed by atoms with Crippen LogP contribution in [0, 0.1) is 0 Å². The summed E-state index contributed by atoms with van der Waals surface area (Å²) in [7, 11) is -2.62. The van der Waals surface area contributed by atoms with Crippen molar-refractivity contribution >= 4 is 38.9 Å². The number of sulfonamides is 1. The number of aromatic nitrogens is 1. The Balaban J connectivity index is 1.94. The van der Waals surface area contributed by atoms with Crippen molar-refractivity contribution < 1.29 is 23.1 Å². The number of carbonyl (C=O) groups is 2. The van der Waals surface area contributed by atoms with Crippen LogP contribution < -0.4 is 9.62 Å². The molecule has 0 aliphatic heterocycles. The Hall–Kier alpha value is -3.24. The summed E-state index contributed by atoms with van der Waals surface area (Å²) in [6, 6.07) is 11.5. The van der Waals surface area contributed by atoms with E-state index in [1.54, 1.807) is 29.8 Å². The van der Waals surface area contributed by atoms with Gasteiger partial charge in [-0.15, -0.1) is 11.3 Å². The number of benzene rings is 2. The van der Waals surface area contributed by atoms with Gasteiger partial charge >= 0.3 is 5.97 Å². The standard InChI is InChI=1S/C19H17N3O5S2/c1-22(29(26,27)16-5-3-2-4-6-16)15-10-13(9-14(11-15)19(24)25)18(23)21-12-17-20-7-8-28-17/h2-11H,12H2,1H3,(H,21,23)(H,24,25). The number of amides is 1. The van der Waals surface area contributed by atoms with Gasteiger partial charge in [0, 0.05) is 24.2 Å². The van der Waals surface area contributed by atoms with Gasteiger partial charge in [0.1, 0.15) is 5.01 Å². The molecule has 0 saturated carbocycles. The van der Waals surface area contributed by atoms with Crippen LogP contribution in [-0.4, -0.2) is 37.4 Å². The molecular formula is C19H17N3O5S2. The molecule has 2 aromatic carbocycles. The monoisotopic (exact) mass is 431 g/mol. The van der Waals surface area contributed by atoms with Crippen molar-refractivity contribution in [1.82, 2.24) is 10.3 Å². The van der Waals surface area contributed by atoms with Gasteiger partial charge in [-0.2, -0.15) is 0 Å². The second-order valence-corrected chi connectivity index (χ2v) is 8.92. The summed E-state index contributed by atoms with van der Waals surface area (Å²) >= 11 is 1.37. The van der Waals surface area contributed by atoms with Crippen LogP contribution >= 0.6 is 11.3 Å². The predicted molar refractivity (Wildman–Crippen MR) is 109 cm³/mol. The molecule has 3 aromatic rings. The smallest absolute Gasteiger partial charge is 0.335 e. The lowest BCUT2D eigenvalue weighted by Crippen LogP contribution is -2.28. The maximum Gasteiger partial charge on any atom is 0.335 e. The average molecular weight is 431 g/mol. The quantitative estimate of drug-likeness (QED) is 0.594. The van der Waals surface area contributed by atoms with E-state index in [2.05, 4.69) is 10.3 Å². The van der Waals surface area contributed by atoms with E-state index in [0.717, 1.165) is 4.31 Å². The molecule has 0 bridgehead atoms. The summed E-state index contributed by atoms with van der Waals surface area (Å²) in [5, 5.41) is 14.5. The molecule has 1 amide bonds. The van der Waals surface area contributed by atoms with Gasteiger partial charge in [-0.1, -0.05) is 18.2 Å². The summed E-state index contributed by atoms with van der Waals surface area (Å²) in [4.78, 5) is 28.1. The summed E-state index contributed by atoms with van der Waals surface area (Å²) < 4.78 is 26.6. The van der Waals surface area contributed by atoms with Crippen LogP contribution in [0.15, 0.2) is 65.0 Å². The highest BCUT2D eigenvalue weighted by atomic mass is 32.2. The van der Waals surface area contributed by atoms with E-state index in [9.17, 15) is 23.1 Å². The van der Waals surface area contributed by atoms with E-state index in [1.165, 1.54) is 48.7 Å². The summed E-state index contributed by atoms with van der Waals surface area (Å²) in [5.74, 6) is -1.80. The molecule has 0 aliphatic rings. The minimum absolute atomic E-state index is 0.0339. The zero-order valence-corrected chi connectivity index (χ0v) is 16.9. The van der Waals surface area contributed by atoms with Crippen LogP contribution in [0.4, 0.5) is 5.69 Å². The first-order valence-electron chi connectivity index (χ1n) is 8.38. The molecule has 0 spiro atoms. The molecule has 3 rings (SSSR count). The van der Waals surface area contributed by atoms with E-state index in [0.29, 0.717) is 5.01 Å². The Kier molecular flexibility index (Phi) is 5.95. The number of nitrogens with zero attached hydrogens (tertiary/aromatic N) is 2. The van der Waals surface area contributed by atoms with E-state index < -0.39 is 21.9 Å². The van der Waals surface area contributed by atoms with Crippen molar-refractivity contribution in [2.45, 2.75) is 11.4 Å². The first kappa shape index (κ1) is 20.5. The van der Waals surface area contributed by atoms with Crippen LogP contribution in [0.2, 0.25) is 0 Å². The van der Waals surface area contributed by atoms with Gasteiger partial charge in [0.25, 0.3) is 15.9 Å². The lowest BCUT2D eigenvalue weighted by atomic mass is 10.1. The number of carboxylic acid groups (broad SMARTS) is 1. The fraction of sp³-hybridized carbons (Fsp3) is 0.105. The number of hydrogen-bond acceptors (Lipinski definition) is 6. The van der Waals surface area contributed by atoms with Gasteiger partial charge in [-0.05, 0) is 30.3 Å². The van der Waals surface area contributed by atoms with E-state index in [1.807, 2.05) is 0 Å². The van der Waals surface area contributed by atoms with Crippen LogP contribution in [0.1, 0.15) is 25.7 Å². The van der Waals surface area contributed by atoms with Gasteiger partial charge in [0.05, 0.1) is 22.7 Å². The first-order chi connectivity index (χ1) is 13.8. The summed E-state index contributed by atoms with van der Waals surface area (Å²) in [6.07, 6.45) is 1.61. The third-order valence-electron chi connectivity index (χ3n) is 4.08. The Morgan fingerprint density at radius 2 is 1.83 bits per heavy atom. The van der Waals surface area contributed by atoms with Gasteiger partial charge in [0.15, 0.2) is 0 Å². The van der Waals surface area contributed by atoms with Crippen LogP contribution in [0.5, 0.6) is 0 Å². The molecule has 0 fully saturated rings. The molecule has 1 aromatic heterocycles. The average Bonchev–Trinajstić information content (AvgIpc) is 3.25. The van der Waals surface area contributed by atoms with Crippen molar-refractivity contribution in [3.63, 3.8) is 0 Å². The molecule has 0 radical (unpaired) electrons. The molecule has 1 heterocycles. The second kappa shape index (κ2) is 8.41. The molecular weight excluding hydrogens is 414 g/mol. The Labute approximate surface area is 171 Å². The molecule has 10 heteroatoms. The van der Waals surface area contributed by atoms with Crippen LogP contribution in [0.25, 0.3) is 0 Å². The first-order valence-corrected chi connectivity index (χ1v) is 10.7. The van der Waals surface area contributed by atoms with Crippen molar-refractivity contribution in [1.29, 1.82) is 0 Å². The van der Waals surface area contributed by atoms with Crippen molar-refractivity contribution in [3.05, 3.63) is 76.2 Å². The number of carbonyl (C=O) groups excluding carboxylic acids is 1. The molecule has 2 N–H and O–H groups in total. The van der Waals surface area contributed by atoms with E-state index >= 15 is 0 Å². The van der Waals surface area contributed by atoms with E-state index in [-0.39, 0.29) is 28.3 Å². The highest BCUT2D eigenvalue weighted by molar-refractivity contribution is 7.92. The highest BCUT2D eigenvalue weighted by Gasteiger charge is 2.23. The third kappa shape index (κ3) is 4.61. The molecule has 0 saturated heterocycles. The number of carboxylic acids is 1. The number of thiazole rings is 1. The highest BCUT2D eigenvalue weighted by Crippen LogP contribution is 2.25. The predicted octanol–water partition coefficient (Wildman–Crippen LogP) is 2.60. The molecule has 0 atom stereocenters. The Bertz CT molecular complexity index is 1130. The Morgan fingerprint density at radius 3 is 2.45 bits per heavy atom. The molecule has 150 valence electrons. The van der Waals surface area contributed by atoms with Gasteiger partial charge in [-0.25, -0.2) is 18.2 Å². The molecule has 0 aliphatic carbocycles. The number of rotatable bonds is 7. The molecule has 0 unspecified atom stereocenters.